The Balaban J connectivity index is 1.35. The van der Waals surface area contributed by atoms with Crippen molar-refractivity contribution in [2.45, 2.75) is 0 Å². The van der Waals surface area contributed by atoms with Crippen molar-refractivity contribution in [1.29, 1.82) is 0 Å². The second kappa shape index (κ2) is 9.47. The summed E-state index contributed by atoms with van der Waals surface area (Å²) in [5.41, 5.74) is 6.27. The molecule has 0 atom stereocenters. The number of halogens is 1. The first kappa shape index (κ1) is 20.0. The highest BCUT2D eigenvalue weighted by Gasteiger charge is 2.11. The van der Waals surface area contributed by atoms with Crippen LogP contribution in [0.15, 0.2) is 93.8 Å². The minimum atomic E-state index is -0.413. The number of benzene rings is 3. The smallest absolute Gasteiger partial charge is 0.344 e. The number of nitrogens with zero attached hydrogens (tertiary/aromatic N) is 2. The molecule has 30 heavy (non-hydrogen) atoms. The lowest BCUT2D eigenvalue weighted by atomic mass is 10.2. The Morgan fingerprint density at radius 2 is 1.73 bits per heavy atom. The van der Waals surface area contributed by atoms with Crippen LogP contribution in [0.3, 0.4) is 0 Å². The molecule has 0 unspecified atom stereocenters. The SMILES string of the molecule is O=C(Oc1ccc(C=NNc2nc(-c3ccccc3)cs2)cc1)c1ccccc1Br. The quantitative estimate of drug-likeness (QED) is 0.154. The fourth-order valence-corrected chi connectivity index (χ4v) is 3.75. The van der Waals surface area contributed by atoms with Gasteiger partial charge in [-0.05, 0) is 57.9 Å². The van der Waals surface area contributed by atoms with E-state index in [1.54, 1.807) is 36.5 Å². The summed E-state index contributed by atoms with van der Waals surface area (Å²) < 4.78 is 6.11. The highest BCUT2D eigenvalue weighted by molar-refractivity contribution is 9.10. The lowest BCUT2D eigenvalue weighted by Gasteiger charge is -2.06. The van der Waals surface area contributed by atoms with E-state index in [0.29, 0.717) is 20.9 Å². The third-order valence-electron chi connectivity index (χ3n) is 4.13. The molecule has 0 aliphatic heterocycles. The van der Waals surface area contributed by atoms with Crippen LogP contribution in [-0.2, 0) is 0 Å². The summed E-state index contributed by atoms with van der Waals surface area (Å²) >= 11 is 4.85. The summed E-state index contributed by atoms with van der Waals surface area (Å²) in [7, 11) is 0. The molecule has 148 valence electrons. The van der Waals surface area contributed by atoms with Gasteiger partial charge in [-0.1, -0.05) is 42.5 Å². The van der Waals surface area contributed by atoms with Crippen LogP contribution >= 0.6 is 27.3 Å². The van der Waals surface area contributed by atoms with E-state index in [4.69, 9.17) is 4.74 Å². The molecule has 0 fully saturated rings. The van der Waals surface area contributed by atoms with Gasteiger partial charge in [0.15, 0.2) is 0 Å². The van der Waals surface area contributed by atoms with Crippen LogP contribution in [0.4, 0.5) is 5.13 Å². The van der Waals surface area contributed by atoms with Gasteiger partial charge in [-0.15, -0.1) is 11.3 Å². The predicted molar refractivity (Wildman–Crippen MR) is 124 cm³/mol. The van der Waals surface area contributed by atoms with E-state index in [0.717, 1.165) is 16.8 Å². The van der Waals surface area contributed by atoms with Gasteiger partial charge >= 0.3 is 5.97 Å². The fourth-order valence-electron chi connectivity index (χ4n) is 2.64. The van der Waals surface area contributed by atoms with Gasteiger partial charge in [0.2, 0.25) is 5.13 Å². The summed E-state index contributed by atoms with van der Waals surface area (Å²) in [5, 5.41) is 6.93. The Bertz CT molecular complexity index is 1170. The Labute approximate surface area is 186 Å². The number of carbonyl (C=O) groups excluding carboxylic acids is 1. The number of hydrazone groups is 1. The van der Waals surface area contributed by atoms with Crippen LogP contribution < -0.4 is 10.2 Å². The van der Waals surface area contributed by atoms with Crippen LogP contribution in [0, 0.1) is 0 Å². The van der Waals surface area contributed by atoms with Gasteiger partial charge in [0.1, 0.15) is 5.75 Å². The largest absolute Gasteiger partial charge is 0.423 e. The number of esters is 1. The first-order valence-electron chi connectivity index (χ1n) is 9.06. The van der Waals surface area contributed by atoms with Crippen molar-refractivity contribution in [1.82, 2.24) is 4.98 Å². The highest BCUT2D eigenvalue weighted by atomic mass is 79.9. The van der Waals surface area contributed by atoms with Crippen LogP contribution in [0.2, 0.25) is 0 Å². The van der Waals surface area contributed by atoms with Crippen LogP contribution in [-0.4, -0.2) is 17.2 Å². The van der Waals surface area contributed by atoms with Crippen molar-refractivity contribution in [3.05, 3.63) is 99.8 Å². The summed E-state index contributed by atoms with van der Waals surface area (Å²) in [6, 6.07) is 24.2. The predicted octanol–water partition coefficient (Wildman–Crippen LogP) is 6.24. The summed E-state index contributed by atoms with van der Waals surface area (Å²) in [5.74, 6) is 0.0526. The Kier molecular flexibility index (Phi) is 6.32. The molecule has 0 aliphatic carbocycles. The molecule has 7 heteroatoms. The monoisotopic (exact) mass is 477 g/mol. The zero-order chi connectivity index (χ0) is 20.8. The van der Waals surface area contributed by atoms with E-state index < -0.39 is 5.97 Å². The fraction of sp³-hybridized carbons (Fsp3) is 0. The average Bonchev–Trinajstić information content (AvgIpc) is 3.25. The molecule has 0 aliphatic rings. The van der Waals surface area contributed by atoms with Gasteiger partial charge < -0.3 is 4.74 Å². The number of ether oxygens (including phenoxy) is 1. The molecule has 5 nitrogen and oxygen atoms in total. The molecule has 1 heterocycles. The maximum Gasteiger partial charge on any atom is 0.344 e. The van der Waals surface area contributed by atoms with Gasteiger partial charge in [0.25, 0.3) is 0 Å². The van der Waals surface area contributed by atoms with E-state index in [2.05, 4.69) is 31.4 Å². The van der Waals surface area contributed by atoms with E-state index >= 15 is 0 Å². The van der Waals surface area contributed by atoms with Crippen molar-refractivity contribution in [3.8, 4) is 17.0 Å². The molecular formula is C23H16BrN3O2S. The molecule has 0 saturated carbocycles. The number of hydrogen-bond acceptors (Lipinski definition) is 6. The second-order valence-electron chi connectivity index (χ2n) is 6.21. The van der Waals surface area contributed by atoms with Crippen LogP contribution in [0.1, 0.15) is 15.9 Å². The number of anilines is 1. The standard InChI is InChI=1S/C23H16BrN3O2S/c24-20-9-5-4-8-19(20)22(28)29-18-12-10-16(11-13-18)14-25-27-23-26-21(15-30-23)17-6-2-1-3-7-17/h1-15H,(H,26,27). The maximum absolute atomic E-state index is 12.3. The van der Waals surface area contributed by atoms with E-state index in [1.807, 2.05) is 53.9 Å². The van der Waals surface area contributed by atoms with Crippen molar-refractivity contribution >= 4 is 44.6 Å². The minimum absolute atomic E-state index is 0.413. The molecule has 0 radical (unpaired) electrons. The maximum atomic E-state index is 12.3. The van der Waals surface area contributed by atoms with Crippen molar-refractivity contribution < 1.29 is 9.53 Å². The lowest BCUT2D eigenvalue weighted by Crippen LogP contribution is -2.09. The number of nitrogens with one attached hydrogen (secondary N) is 1. The zero-order valence-electron chi connectivity index (χ0n) is 15.7. The molecule has 0 amide bonds. The first-order chi connectivity index (χ1) is 14.7. The lowest BCUT2D eigenvalue weighted by molar-refractivity contribution is 0.0734. The number of hydrogen-bond donors (Lipinski definition) is 1. The van der Waals surface area contributed by atoms with Crippen LogP contribution in [0.5, 0.6) is 5.75 Å². The third kappa shape index (κ3) is 5.00. The van der Waals surface area contributed by atoms with Gasteiger partial charge in [-0.25, -0.2) is 9.78 Å². The third-order valence-corrected chi connectivity index (χ3v) is 5.57. The average molecular weight is 478 g/mol. The molecule has 1 aromatic heterocycles. The molecule has 4 aromatic rings. The molecule has 4 rings (SSSR count). The molecule has 0 spiro atoms. The molecular weight excluding hydrogens is 462 g/mol. The van der Waals surface area contributed by atoms with Gasteiger partial charge in [0, 0.05) is 15.4 Å². The zero-order valence-corrected chi connectivity index (χ0v) is 18.1. The van der Waals surface area contributed by atoms with Gasteiger partial charge in [0.05, 0.1) is 17.5 Å². The Hall–Kier alpha value is -3.29. The topological polar surface area (TPSA) is 63.6 Å². The van der Waals surface area contributed by atoms with Crippen LogP contribution in [0.25, 0.3) is 11.3 Å². The van der Waals surface area contributed by atoms with E-state index in [-0.39, 0.29) is 0 Å². The second-order valence-corrected chi connectivity index (χ2v) is 7.92. The summed E-state index contributed by atoms with van der Waals surface area (Å²) in [6.07, 6.45) is 1.68. The number of rotatable bonds is 6. The van der Waals surface area contributed by atoms with Crippen molar-refractivity contribution in [3.63, 3.8) is 0 Å². The highest BCUT2D eigenvalue weighted by Crippen LogP contribution is 2.24. The summed E-state index contributed by atoms with van der Waals surface area (Å²) in [6.45, 7) is 0. The Morgan fingerprint density at radius 1 is 1.00 bits per heavy atom. The van der Waals surface area contributed by atoms with Crippen molar-refractivity contribution in [2.75, 3.05) is 5.43 Å². The summed E-state index contributed by atoms with van der Waals surface area (Å²) in [4.78, 5) is 16.8. The normalized spacial score (nSPS) is 10.8. The van der Waals surface area contributed by atoms with E-state index in [9.17, 15) is 4.79 Å². The first-order valence-corrected chi connectivity index (χ1v) is 10.7. The number of thiazole rings is 1. The van der Waals surface area contributed by atoms with Gasteiger partial charge in [-0.3, -0.25) is 5.43 Å². The molecule has 1 N–H and O–H groups in total. The molecule has 3 aromatic carbocycles. The Morgan fingerprint density at radius 3 is 2.50 bits per heavy atom. The van der Waals surface area contributed by atoms with Gasteiger partial charge in [-0.2, -0.15) is 5.10 Å². The van der Waals surface area contributed by atoms with E-state index in [1.165, 1.54) is 11.3 Å². The number of carbonyl (C=O) groups is 1. The minimum Gasteiger partial charge on any atom is -0.423 e. The number of aromatic nitrogens is 1. The van der Waals surface area contributed by atoms with Crippen molar-refractivity contribution in [2.24, 2.45) is 5.10 Å². The molecule has 0 saturated heterocycles. The molecule has 0 bridgehead atoms.